The lowest BCUT2D eigenvalue weighted by atomic mass is 9.86. The number of benzene rings is 1. The zero-order chi connectivity index (χ0) is 13.1. The summed E-state index contributed by atoms with van der Waals surface area (Å²) in [6, 6.07) is 6.49. The van der Waals surface area contributed by atoms with E-state index in [1.165, 1.54) is 31.2 Å². The molecule has 0 heterocycles. The smallest absolute Gasteiger partial charge is 0.129 e. The van der Waals surface area contributed by atoms with E-state index >= 15 is 0 Å². The van der Waals surface area contributed by atoms with E-state index in [0.717, 1.165) is 16.9 Å². The third-order valence-corrected chi connectivity index (χ3v) is 4.61. The van der Waals surface area contributed by atoms with E-state index in [4.69, 9.17) is 0 Å². The first-order valence-corrected chi connectivity index (χ1v) is 7.53. The summed E-state index contributed by atoms with van der Waals surface area (Å²) in [5.41, 5.74) is 1.25. The first-order chi connectivity index (χ1) is 8.56. The van der Waals surface area contributed by atoms with Gasteiger partial charge in [0.2, 0.25) is 0 Å². The van der Waals surface area contributed by atoms with Gasteiger partial charge in [-0.3, -0.25) is 4.90 Å². The molecule has 0 spiro atoms. The van der Waals surface area contributed by atoms with Crippen molar-refractivity contribution in [2.45, 2.75) is 45.2 Å². The standard InChI is InChI=1S/C15H22BrNO/c1-11-4-3-5-13(8-11)17(2)10-12-6-7-15(18)14(16)9-12/h6-7,9,11,13,18H,3-5,8,10H2,1-2H3. The number of phenolic OH excluding ortho intramolecular Hbond substituents is 1. The van der Waals surface area contributed by atoms with Gasteiger partial charge in [-0.05, 0) is 59.4 Å². The Morgan fingerprint density at radius 3 is 2.83 bits per heavy atom. The molecular weight excluding hydrogens is 290 g/mol. The number of hydrogen-bond donors (Lipinski definition) is 1. The normalized spacial score (nSPS) is 24.4. The van der Waals surface area contributed by atoms with E-state index < -0.39 is 0 Å². The highest BCUT2D eigenvalue weighted by atomic mass is 79.9. The molecule has 0 bridgehead atoms. The second kappa shape index (κ2) is 6.07. The molecule has 2 atom stereocenters. The first kappa shape index (κ1) is 13.9. The number of nitrogens with zero attached hydrogens (tertiary/aromatic N) is 1. The van der Waals surface area contributed by atoms with Crippen molar-refractivity contribution in [2.24, 2.45) is 5.92 Å². The first-order valence-electron chi connectivity index (χ1n) is 6.74. The number of halogens is 1. The van der Waals surface area contributed by atoms with Crippen LogP contribution in [0.4, 0.5) is 0 Å². The lowest BCUT2D eigenvalue weighted by Gasteiger charge is -2.34. The van der Waals surface area contributed by atoms with Gasteiger partial charge < -0.3 is 5.11 Å². The number of aromatic hydroxyl groups is 1. The lowest BCUT2D eigenvalue weighted by Crippen LogP contribution is -2.35. The minimum atomic E-state index is 0.313. The Balaban J connectivity index is 1.97. The van der Waals surface area contributed by atoms with Crippen molar-refractivity contribution in [1.29, 1.82) is 0 Å². The molecule has 1 aromatic rings. The second-order valence-corrected chi connectivity index (χ2v) is 6.48. The van der Waals surface area contributed by atoms with Gasteiger partial charge in [-0.15, -0.1) is 0 Å². The van der Waals surface area contributed by atoms with Gasteiger partial charge in [0.25, 0.3) is 0 Å². The molecule has 1 saturated carbocycles. The van der Waals surface area contributed by atoms with Gasteiger partial charge in [-0.25, -0.2) is 0 Å². The molecule has 2 rings (SSSR count). The van der Waals surface area contributed by atoms with E-state index in [0.29, 0.717) is 11.8 Å². The van der Waals surface area contributed by atoms with Crippen LogP contribution in [0.1, 0.15) is 38.2 Å². The zero-order valence-corrected chi connectivity index (χ0v) is 12.8. The van der Waals surface area contributed by atoms with Gasteiger partial charge in [-0.2, -0.15) is 0 Å². The van der Waals surface area contributed by atoms with E-state index in [2.05, 4.69) is 34.8 Å². The molecule has 18 heavy (non-hydrogen) atoms. The fraction of sp³-hybridized carbons (Fsp3) is 0.600. The molecule has 0 aromatic heterocycles. The summed E-state index contributed by atoms with van der Waals surface area (Å²) in [7, 11) is 2.21. The Labute approximate surface area is 118 Å². The zero-order valence-electron chi connectivity index (χ0n) is 11.2. The van der Waals surface area contributed by atoms with Crippen LogP contribution in [-0.2, 0) is 6.54 Å². The van der Waals surface area contributed by atoms with Crippen LogP contribution in [0.15, 0.2) is 22.7 Å². The molecule has 0 amide bonds. The van der Waals surface area contributed by atoms with E-state index in [9.17, 15) is 5.11 Å². The molecule has 2 unspecified atom stereocenters. The molecule has 0 aliphatic heterocycles. The van der Waals surface area contributed by atoms with Crippen LogP contribution in [-0.4, -0.2) is 23.1 Å². The summed E-state index contributed by atoms with van der Waals surface area (Å²) >= 11 is 3.37. The maximum atomic E-state index is 9.50. The fourth-order valence-electron chi connectivity index (χ4n) is 2.87. The number of phenols is 1. The topological polar surface area (TPSA) is 23.5 Å². The average Bonchev–Trinajstić information content (AvgIpc) is 2.34. The SMILES string of the molecule is CC1CCCC(N(C)Cc2ccc(O)c(Br)c2)C1. The molecule has 1 fully saturated rings. The minimum absolute atomic E-state index is 0.313. The number of hydrogen-bond acceptors (Lipinski definition) is 2. The van der Waals surface area contributed by atoms with Gasteiger partial charge in [0.05, 0.1) is 4.47 Å². The van der Waals surface area contributed by atoms with Crippen molar-refractivity contribution >= 4 is 15.9 Å². The molecule has 1 aromatic carbocycles. The minimum Gasteiger partial charge on any atom is -0.507 e. The van der Waals surface area contributed by atoms with Crippen molar-refractivity contribution in [3.8, 4) is 5.75 Å². The maximum absolute atomic E-state index is 9.50. The highest BCUT2D eigenvalue weighted by molar-refractivity contribution is 9.10. The summed E-state index contributed by atoms with van der Waals surface area (Å²) in [6.45, 7) is 3.31. The quantitative estimate of drug-likeness (QED) is 0.905. The van der Waals surface area contributed by atoms with Crippen LogP contribution in [0.2, 0.25) is 0 Å². The molecule has 0 radical (unpaired) electrons. The summed E-state index contributed by atoms with van der Waals surface area (Å²) in [4.78, 5) is 2.45. The van der Waals surface area contributed by atoms with Crippen molar-refractivity contribution in [3.63, 3.8) is 0 Å². The second-order valence-electron chi connectivity index (χ2n) is 5.63. The predicted molar refractivity (Wildman–Crippen MR) is 78.7 cm³/mol. The maximum Gasteiger partial charge on any atom is 0.129 e. The Bertz CT molecular complexity index is 407. The molecular formula is C15H22BrNO. The van der Waals surface area contributed by atoms with Gasteiger partial charge in [0.1, 0.15) is 5.75 Å². The van der Waals surface area contributed by atoms with Crippen LogP contribution >= 0.6 is 15.9 Å². The largest absolute Gasteiger partial charge is 0.507 e. The Hall–Kier alpha value is -0.540. The summed E-state index contributed by atoms with van der Waals surface area (Å²) in [5.74, 6) is 1.17. The van der Waals surface area contributed by atoms with Crippen LogP contribution in [0, 0.1) is 5.92 Å². The van der Waals surface area contributed by atoms with Crippen molar-refractivity contribution < 1.29 is 5.11 Å². The van der Waals surface area contributed by atoms with Crippen LogP contribution in [0.3, 0.4) is 0 Å². The third-order valence-electron chi connectivity index (χ3n) is 3.98. The molecule has 0 saturated heterocycles. The van der Waals surface area contributed by atoms with Crippen molar-refractivity contribution in [2.75, 3.05) is 7.05 Å². The van der Waals surface area contributed by atoms with Gasteiger partial charge >= 0.3 is 0 Å². The highest BCUT2D eigenvalue weighted by Gasteiger charge is 2.22. The van der Waals surface area contributed by atoms with Gasteiger partial charge in [0, 0.05) is 12.6 Å². The highest BCUT2D eigenvalue weighted by Crippen LogP contribution is 2.29. The van der Waals surface area contributed by atoms with E-state index in [1.54, 1.807) is 6.07 Å². The predicted octanol–water partition coefficient (Wildman–Crippen LogP) is 4.17. The Morgan fingerprint density at radius 1 is 1.39 bits per heavy atom. The molecule has 1 aliphatic rings. The summed E-state index contributed by atoms with van der Waals surface area (Å²) in [6.07, 6.45) is 5.38. The summed E-state index contributed by atoms with van der Waals surface area (Å²) in [5, 5.41) is 9.50. The van der Waals surface area contributed by atoms with Crippen LogP contribution in [0.5, 0.6) is 5.75 Å². The average molecular weight is 312 g/mol. The van der Waals surface area contributed by atoms with Crippen LogP contribution in [0.25, 0.3) is 0 Å². The molecule has 1 aliphatic carbocycles. The van der Waals surface area contributed by atoms with Crippen molar-refractivity contribution in [1.82, 2.24) is 4.90 Å². The lowest BCUT2D eigenvalue weighted by molar-refractivity contribution is 0.157. The molecule has 100 valence electrons. The van der Waals surface area contributed by atoms with Crippen LogP contribution < -0.4 is 0 Å². The Kier molecular flexibility index (Phi) is 4.68. The van der Waals surface area contributed by atoms with Gasteiger partial charge in [0.15, 0.2) is 0 Å². The van der Waals surface area contributed by atoms with E-state index in [-0.39, 0.29) is 0 Å². The molecule has 3 heteroatoms. The molecule has 2 nitrogen and oxygen atoms in total. The third kappa shape index (κ3) is 3.48. The van der Waals surface area contributed by atoms with Crippen molar-refractivity contribution in [3.05, 3.63) is 28.2 Å². The monoisotopic (exact) mass is 311 g/mol. The van der Waals surface area contributed by atoms with Gasteiger partial charge in [-0.1, -0.05) is 25.8 Å². The fourth-order valence-corrected chi connectivity index (χ4v) is 3.29. The number of rotatable bonds is 3. The molecule has 1 N–H and O–H groups in total. The van der Waals surface area contributed by atoms with E-state index in [1.807, 2.05) is 12.1 Å². The summed E-state index contributed by atoms with van der Waals surface area (Å²) < 4.78 is 0.783. The Morgan fingerprint density at radius 2 is 2.17 bits per heavy atom.